The fourth-order valence-electron chi connectivity index (χ4n) is 2.93. The lowest BCUT2D eigenvalue weighted by Gasteiger charge is -2.29. The van der Waals surface area contributed by atoms with Crippen molar-refractivity contribution in [2.24, 2.45) is 5.92 Å². The number of methoxy groups -OCH3 is 1. The van der Waals surface area contributed by atoms with Gasteiger partial charge in [0.1, 0.15) is 5.75 Å². The maximum atomic E-state index is 11.7. The van der Waals surface area contributed by atoms with E-state index in [9.17, 15) is 4.79 Å². The first-order chi connectivity index (χ1) is 11.7. The van der Waals surface area contributed by atoms with E-state index in [1.165, 1.54) is 0 Å². The van der Waals surface area contributed by atoms with Crippen molar-refractivity contribution < 1.29 is 14.1 Å². The van der Waals surface area contributed by atoms with Crippen LogP contribution in [0.5, 0.6) is 5.75 Å². The molecular weight excluding hydrogens is 308 g/mol. The molecular formula is C17H22N4O3. The van der Waals surface area contributed by atoms with E-state index in [1.54, 1.807) is 14.2 Å². The minimum atomic E-state index is 0.115. The van der Waals surface area contributed by atoms with Crippen molar-refractivity contribution in [3.63, 3.8) is 0 Å². The second kappa shape index (κ2) is 7.44. The maximum absolute atomic E-state index is 11.7. The highest BCUT2D eigenvalue weighted by Gasteiger charge is 2.25. The van der Waals surface area contributed by atoms with Crippen LogP contribution in [0.4, 0.5) is 0 Å². The summed E-state index contributed by atoms with van der Waals surface area (Å²) < 4.78 is 10.5. The van der Waals surface area contributed by atoms with Crippen LogP contribution < -0.4 is 10.1 Å². The summed E-state index contributed by atoms with van der Waals surface area (Å²) in [6.45, 7) is 2.33. The Balaban J connectivity index is 1.57. The standard InChI is InChI=1S/C17H22N4O3/c1-18-17(22)13-7-9-21(10-8-13)11-15-19-16(20-24-15)12-3-5-14(23-2)6-4-12/h3-6,13H,7-11H2,1-2H3,(H,18,22). The summed E-state index contributed by atoms with van der Waals surface area (Å²) in [6.07, 6.45) is 1.72. The predicted octanol–water partition coefficient (Wildman–Crippen LogP) is 1.70. The summed E-state index contributed by atoms with van der Waals surface area (Å²) in [7, 11) is 3.32. The van der Waals surface area contributed by atoms with Gasteiger partial charge in [-0.2, -0.15) is 4.98 Å². The highest BCUT2D eigenvalue weighted by molar-refractivity contribution is 5.78. The van der Waals surface area contributed by atoms with Crippen LogP contribution >= 0.6 is 0 Å². The molecule has 1 N–H and O–H groups in total. The molecule has 7 heteroatoms. The van der Waals surface area contributed by atoms with Crippen LogP contribution in [-0.2, 0) is 11.3 Å². The van der Waals surface area contributed by atoms with Gasteiger partial charge in [0.15, 0.2) is 0 Å². The smallest absolute Gasteiger partial charge is 0.241 e. The van der Waals surface area contributed by atoms with Gasteiger partial charge in [0, 0.05) is 18.5 Å². The van der Waals surface area contributed by atoms with Crippen molar-refractivity contribution in [3.05, 3.63) is 30.2 Å². The number of hydrogen-bond donors (Lipinski definition) is 1. The molecule has 1 saturated heterocycles. The molecule has 24 heavy (non-hydrogen) atoms. The van der Waals surface area contributed by atoms with E-state index < -0.39 is 0 Å². The highest BCUT2D eigenvalue weighted by Crippen LogP contribution is 2.22. The van der Waals surface area contributed by atoms with Gasteiger partial charge in [0.25, 0.3) is 0 Å². The molecule has 1 aliphatic rings. The Hall–Kier alpha value is -2.41. The molecule has 3 rings (SSSR count). The van der Waals surface area contributed by atoms with E-state index in [4.69, 9.17) is 9.26 Å². The number of carbonyl (C=O) groups is 1. The quantitative estimate of drug-likeness (QED) is 0.899. The molecule has 1 fully saturated rings. The van der Waals surface area contributed by atoms with Crippen LogP contribution in [-0.4, -0.2) is 48.2 Å². The average Bonchev–Trinajstić information content (AvgIpc) is 3.10. The van der Waals surface area contributed by atoms with E-state index in [0.29, 0.717) is 18.3 Å². The Labute approximate surface area is 141 Å². The van der Waals surface area contributed by atoms with Crippen molar-refractivity contribution in [2.75, 3.05) is 27.2 Å². The number of hydrogen-bond acceptors (Lipinski definition) is 6. The number of ether oxygens (including phenoxy) is 1. The lowest BCUT2D eigenvalue weighted by Crippen LogP contribution is -2.39. The lowest BCUT2D eigenvalue weighted by atomic mass is 9.96. The van der Waals surface area contributed by atoms with Gasteiger partial charge >= 0.3 is 0 Å². The Bertz CT molecular complexity index is 675. The molecule has 0 spiro atoms. The molecule has 0 aliphatic carbocycles. The van der Waals surface area contributed by atoms with Crippen LogP contribution in [0, 0.1) is 5.92 Å². The third-order valence-electron chi connectivity index (χ3n) is 4.38. The first-order valence-corrected chi connectivity index (χ1v) is 8.10. The van der Waals surface area contributed by atoms with Gasteiger partial charge in [-0.05, 0) is 50.2 Å². The molecule has 128 valence electrons. The van der Waals surface area contributed by atoms with E-state index in [-0.39, 0.29) is 11.8 Å². The average molecular weight is 330 g/mol. The van der Waals surface area contributed by atoms with Gasteiger partial charge in [-0.3, -0.25) is 9.69 Å². The number of likely N-dealkylation sites (tertiary alicyclic amines) is 1. The Kier molecular flexibility index (Phi) is 5.10. The van der Waals surface area contributed by atoms with Crippen molar-refractivity contribution in [1.29, 1.82) is 0 Å². The molecule has 1 amide bonds. The molecule has 0 radical (unpaired) electrons. The maximum Gasteiger partial charge on any atom is 0.241 e. The Morgan fingerprint density at radius 2 is 2.04 bits per heavy atom. The molecule has 0 unspecified atom stereocenters. The minimum absolute atomic E-state index is 0.115. The van der Waals surface area contributed by atoms with Gasteiger partial charge < -0.3 is 14.6 Å². The first kappa shape index (κ1) is 16.4. The van der Waals surface area contributed by atoms with Crippen LogP contribution in [0.2, 0.25) is 0 Å². The van der Waals surface area contributed by atoms with E-state index in [0.717, 1.165) is 37.2 Å². The molecule has 2 heterocycles. The minimum Gasteiger partial charge on any atom is -0.497 e. The molecule has 0 saturated carbocycles. The fourth-order valence-corrected chi connectivity index (χ4v) is 2.93. The Morgan fingerprint density at radius 3 is 2.67 bits per heavy atom. The molecule has 2 aromatic rings. The second-order valence-corrected chi connectivity index (χ2v) is 5.90. The molecule has 1 aromatic carbocycles. The number of amides is 1. The van der Waals surface area contributed by atoms with Crippen LogP contribution in [0.3, 0.4) is 0 Å². The first-order valence-electron chi connectivity index (χ1n) is 8.10. The number of piperidine rings is 1. The van der Waals surface area contributed by atoms with Gasteiger partial charge in [-0.15, -0.1) is 0 Å². The molecule has 1 aromatic heterocycles. The lowest BCUT2D eigenvalue weighted by molar-refractivity contribution is -0.125. The summed E-state index contributed by atoms with van der Waals surface area (Å²) in [4.78, 5) is 18.4. The van der Waals surface area contributed by atoms with Crippen molar-refractivity contribution in [2.45, 2.75) is 19.4 Å². The number of benzene rings is 1. The molecule has 0 atom stereocenters. The zero-order valence-electron chi connectivity index (χ0n) is 14.0. The van der Waals surface area contributed by atoms with Crippen LogP contribution in [0.15, 0.2) is 28.8 Å². The van der Waals surface area contributed by atoms with Gasteiger partial charge in [-0.1, -0.05) is 5.16 Å². The largest absolute Gasteiger partial charge is 0.497 e. The molecule has 7 nitrogen and oxygen atoms in total. The predicted molar refractivity (Wildman–Crippen MR) is 88.4 cm³/mol. The van der Waals surface area contributed by atoms with Gasteiger partial charge in [0.05, 0.1) is 13.7 Å². The molecule has 0 bridgehead atoms. The van der Waals surface area contributed by atoms with Crippen molar-refractivity contribution in [1.82, 2.24) is 20.4 Å². The van der Waals surface area contributed by atoms with E-state index >= 15 is 0 Å². The number of nitrogens with zero attached hydrogens (tertiary/aromatic N) is 3. The Morgan fingerprint density at radius 1 is 1.33 bits per heavy atom. The number of rotatable bonds is 5. The number of aromatic nitrogens is 2. The summed E-state index contributed by atoms with van der Waals surface area (Å²) in [5, 5.41) is 6.77. The normalized spacial score (nSPS) is 16.1. The zero-order valence-corrected chi connectivity index (χ0v) is 14.0. The SMILES string of the molecule is CNC(=O)C1CCN(Cc2nc(-c3ccc(OC)cc3)no2)CC1. The third-order valence-corrected chi connectivity index (χ3v) is 4.38. The third kappa shape index (κ3) is 3.73. The summed E-state index contributed by atoms with van der Waals surface area (Å²) >= 11 is 0. The second-order valence-electron chi connectivity index (χ2n) is 5.90. The molecule has 1 aliphatic heterocycles. The zero-order chi connectivity index (χ0) is 16.9. The summed E-state index contributed by atoms with van der Waals surface area (Å²) in [5.74, 6) is 2.21. The summed E-state index contributed by atoms with van der Waals surface area (Å²) in [5.41, 5.74) is 0.893. The van der Waals surface area contributed by atoms with Gasteiger partial charge in [0.2, 0.25) is 17.6 Å². The number of carbonyl (C=O) groups excluding carboxylic acids is 1. The summed E-state index contributed by atoms with van der Waals surface area (Å²) in [6, 6.07) is 7.55. The van der Waals surface area contributed by atoms with Gasteiger partial charge in [-0.25, -0.2) is 0 Å². The van der Waals surface area contributed by atoms with Crippen LogP contribution in [0.25, 0.3) is 11.4 Å². The monoisotopic (exact) mass is 330 g/mol. The van der Waals surface area contributed by atoms with E-state index in [2.05, 4.69) is 20.4 Å². The van der Waals surface area contributed by atoms with Crippen molar-refractivity contribution in [3.8, 4) is 17.1 Å². The number of nitrogens with one attached hydrogen (secondary N) is 1. The van der Waals surface area contributed by atoms with E-state index in [1.807, 2.05) is 24.3 Å². The highest BCUT2D eigenvalue weighted by atomic mass is 16.5. The van der Waals surface area contributed by atoms with Crippen molar-refractivity contribution >= 4 is 5.91 Å². The van der Waals surface area contributed by atoms with Crippen LogP contribution in [0.1, 0.15) is 18.7 Å². The topological polar surface area (TPSA) is 80.5 Å². The fraction of sp³-hybridized carbons (Fsp3) is 0.471.